The molecule has 2 aliphatic rings. The molecule has 0 atom stereocenters. The number of benzene rings is 3. The highest BCUT2D eigenvalue weighted by Crippen LogP contribution is 2.30. The predicted octanol–water partition coefficient (Wildman–Crippen LogP) is 5.25. The van der Waals surface area contributed by atoms with E-state index in [0.29, 0.717) is 6.54 Å². The van der Waals surface area contributed by atoms with E-state index in [2.05, 4.69) is 40.2 Å². The first kappa shape index (κ1) is 21.4. The standard InChI is InChI=1S/C29H25N3O3/c33-27-25(28(34)32(29(35)30-27)22-11-2-3-12-22)16-21-18-31(26-15-6-5-14-24(21)26)17-20-10-7-9-19-8-1-4-13-23(19)20/h1,4-10,13-16,18,22H,2-3,11-12,17H2,(H,30,33,35)/b25-16+. The summed E-state index contributed by atoms with van der Waals surface area (Å²) in [4.78, 5) is 39.7. The largest absolute Gasteiger partial charge is 0.342 e. The van der Waals surface area contributed by atoms with Crippen molar-refractivity contribution in [1.82, 2.24) is 14.8 Å². The first-order valence-corrected chi connectivity index (χ1v) is 12.1. The zero-order valence-corrected chi connectivity index (χ0v) is 19.2. The third-order valence-corrected chi connectivity index (χ3v) is 7.16. The Bertz CT molecular complexity index is 1520. The number of fused-ring (bicyclic) bond motifs is 2. The minimum absolute atomic E-state index is 0.00423. The molecule has 1 aliphatic heterocycles. The van der Waals surface area contributed by atoms with Gasteiger partial charge in [-0.3, -0.25) is 19.8 Å². The summed E-state index contributed by atoms with van der Waals surface area (Å²) in [5.74, 6) is -1.14. The van der Waals surface area contributed by atoms with Crippen molar-refractivity contribution in [3.05, 3.63) is 89.6 Å². The van der Waals surface area contributed by atoms with Crippen molar-refractivity contribution in [3.63, 3.8) is 0 Å². The Labute approximate surface area is 202 Å². The molecule has 0 radical (unpaired) electrons. The SMILES string of the molecule is O=C1NC(=O)N(C2CCCC2)C(=O)/C1=C/c1cn(Cc2cccc3ccccc23)c2ccccc12. The maximum Gasteiger partial charge on any atom is 0.331 e. The van der Waals surface area contributed by atoms with Crippen LogP contribution in [-0.2, 0) is 16.1 Å². The molecule has 2 heterocycles. The van der Waals surface area contributed by atoms with Crippen LogP contribution in [0, 0.1) is 0 Å². The summed E-state index contributed by atoms with van der Waals surface area (Å²) >= 11 is 0. The van der Waals surface area contributed by atoms with E-state index < -0.39 is 17.8 Å². The highest BCUT2D eigenvalue weighted by Gasteiger charge is 2.40. The van der Waals surface area contributed by atoms with Crippen LogP contribution in [0.15, 0.2) is 78.5 Å². The normalized spacial score (nSPS) is 18.2. The highest BCUT2D eigenvalue weighted by atomic mass is 16.2. The molecule has 4 aromatic rings. The third kappa shape index (κ3) is 3.71. The summed E-state index contributed by atoms with van der Waals surface area (Å²) in [6, 6.07) is 21.8. The molecule has 35 heavy (non-hydrogen) atoms. The number of barbiturate groups is 1. The van der Waals surface area contributed by atoms with Crippen molar-refractivity contribution < 1.29 is 14.4 Å². The van der Waals surface area contributed by atoms with Crippen LogP contribution in [0.5, 0.6) is 0 Å². The van der Waals surface area contributed by atoms with Gasteiger partial charge in [0, 0.05) is 35.2 Å². The molecule has 6 heteroatoms. The number of para-hydroxylation sites is 1. The molecule has 6 nitrogen and oxygen atoms in total. The molecule has 6 rings (SSSR count). The van der Waals surface area contributed by atoms with Crippen LogP contribution >= 0.6 is 0 Å². The fourth-order valence-corrected chi connectivity index (χ4v) is 5.46. The van der Waals surface area contributed by atoms with Crippen molar-refractivity contribution in [2.24, 2.45) is 0 Å². The second-order valence-electron chi connectivity index (χ2n) is 9.30. The van der Waals surface area contributed by atoms with Gasteiger partial charge < -0.3 is 4.57 Å². The Morgan fingerprint density at radius 2 is 1.57 bits per heavy atom. The molecule has 2 fully saturated rings. The van der Waals surface area contributed by atoms with E-state index in [0.717, 1.165) is 42.1 Å². The summed E-state index contributed by atoms with van der Waals surface area (Å²) in [7, 11) is 0. The smallest absolute Gasteiger partial charge is 0.331 e. The number of carbonyl (C=O) groups excluding carboxylic acids is 3. The molecular formula is C29H25N3O3. The summed E-state index contributed by atoms with van der Waals surface area (Å²) in [5, 5.41) is 5.70. The summed E-state index contributed by atoms with van der Waals surface area (Å²) in [6.07, 6.45) is 7.15. The molecule has 1 aromatic heterocycles. The lowest BCUT2D eigenvalue weighted by Gasteiger charge is -2.31. The number of hydrogen-bond donors (Lipinski definition) is 1. The molecule has 1 saturated heterocycles. The molecule has 174 valence electrons. The van der Waals surface area contributed by atoms with Gasteiger partial charge in [0.2, 0.25) is 0 Å². The van der Waals surface area contributed by atoms with Crippen LogP contribution in [0.25, 0.3) is 27.8 Å². The van der Waals surface area contributed by atoms with E-state index >= 15 is 0 Å². The molecule has 1 aliphatic carbocycles. The summed E-state index contributed by atoms with van der Waals surface area (Å²) in [5.41, 5.74) is 2.98. The maximum atomic E-state index is 13.3. The number of aromatic nitrogens is 1. The maximum absolute atomic E-state index is 13.3. The van der Waals surface area contributed by atoms with Crippen molar-refractivity contribution >= 4 is 45.6 Å². The average Bonchev–Trinajstić information content (AvgIpc) is 3.51. The van der Waals surface area contributed by atoms with E-state index in [4.69, 9.17) is 0 Å². The molecule has 0 spiro atoms. The van der Waals surface area contributed by atoms with E-state index in [1.54, 1.807) is 6.08 Å². The van der Waals surface area contributed by atoms with Crippen LogP contribution in [0.3, 0.4) is 0 Å². The first-order chi connectivity index (χ1) is 17.1. The second kappa shape index (κ2) is 8.55. The lowest BCUT2D eigenvalue weighted by Crippen LogP contribution is -2.57. The number of rotatable bonds is 4. The Hall–Kier alpha value is -4.19. The van der Waals surface area contributed by atoms with Gasteiger partial charge >= 0.3 is 6.03 Å². The third-order valence-electron chi connectivity index (χ3n) is 7.16. The van der Waals surface area contributed by atoms with E-state index in [1.165, 1.54) is 21.2 Å². The number of imide groups is 2. The number of urea groups is 1. The Morgan fingerprint density at radius 1 is 0.857 bits per heavy atom. The van der Waals surface area contributed by atoms with Crippen LogP contribution in [0.2, 0.25) is 0 Å². The van der Waals surface area contributed by atoms with Gasteiger partial charge in [-0.1, -0.05) is 73.5 Å². The van der Waals surface area contributed by atoms with E-state index in [9.17, 15) is 14.4 Å². The van der Waals surface area contributed by atoms with Crippen molar-refractivity contribution in [1.29, 1.82) is 0 Å². The number of amides is 4. The number of hydrogen-bond acceptors (Lipinski definition) is 3. The quantitative estimate of drug-likeness (QED) is 0.332. The van der Waals surface area contributed by atoms with Gasteiger partial charge in [0.25, 0.3) is 11.8 Å². The topological polar surface area (TPSA) is 71.4 Å². The highest BCUT2D eigenvalue weighted by molar-refractivity contribution is 6.31. The average molecular weight is 464 g/mol. The van der Waals surface area contributed by atoms with Crippen LogP contribution in [0.1, 0.15) is 36.8 Å². The zero-order chi connectivity index (χ0) is 23.9. The van der Waals surface area contributed by atoms with Gasteiger partial charge in [-0.05, 0) is 41.3 Å². The molecular weight excluding hydrogens is 438 g/mol. The Balaban J connectivity index is 1.42. The summed E-state index contributed by atoms with van der Waals surface area (Å²) in [6.45, 7) is 0.651. The number of nitrogens with one attached hydrogen (secondary N) is 1. The minimum Gasteiger partial charge on any atom is -0.342 e. The Morgan fingerprint density at radius 3 is 2.40 bits per heavy atom. The molecule has 3 aromatic carbocycles. The first-order valence-electron chi connectivity index (χ1n) is 12.1. The molecule has 1 saturated carbocycles. The van der Waals surface area contributed by atoms with Gasteiger partial charge in [-0.2, -0.15) is 0 Å². The predicted molar refractivity (Wildman–Crippen MR) is 136 cm³/mol. The summed E-state index contributed by atoms with van der Waals surface area (Å²) < 4.78 is 2.15. The molecule has 0 bridgehead atoms. The van der Waals surface area contributed by atoms with Crippen LogP contribution in [-0.4, -0.2) is 33.4 Å². The van der Waals surface area contributed by atoms with Crippen molar-refractivity contribution in [3.8, 4) is 0 Å². The van der Waals surface area contributed by atoms with Crippen LogP contribution < -0.4 is 5.32 Å². The molecule has 4 amide bonds. The minimum atomic E-state index is -0.639. The zero-order valence-electron chi connectivity index (χ0n) is 19.2. The van der Waals surface area contributed by atoms with Gasteiger partial charge in [-0.15, -0.1) is 0 Å². The Kier molecular flexibility index (Phi) is 5.21. The fraction of sp³-hybridized carbons (Fsp3) is 0.207. The van der Waals surface area contributed by atoms with Gasteiger partial charge in [0.05, 0.1) is 0 Å². The second-order valence-corrected chi connectivity index (χ2v) is 9.30. The number of nitrogens with zero attached hydrogens (tertiary/aromatic N) is 2. The lowest BCUT2D eigenvalue weighted by atomic mass is 10.0. The monoisotopic (exact) mass is 463 g/mol. The molecule has 1 N–H and O–H groups in total. The van der Waals surface area contributed by atoms with Crippen molar-refractivity contribution in [2.75, 3.05) is 0 Å². The van der Waals surface area contributed by atoms with Crippen molar-refractivity contribution in [2.45, 2.75) is 38.3 Å². The van der Waals surface area contributed by atoms with Gasteiger partial charge in [-0.25, -0.2) is 4.79 Å². The van der Waals surface area contributed by atoms with Gasteiger partial charge in [0.1, 0.15) is 5.57 Å². The van der Waals surface area contributed by atoms with Gasteiger partial charge in [0.15, 0.2) is 0 Å². The van der Waals surface area contributed by atoms with Crippen LogP contribution in [0.4, 0.5) is 4.79 Å². The van der Waals surface area contributed by atoms with E-state index in [1.807, 2.05) is 42.6 Å². The molecule has 0 unspecified atom stereocenters. The number of carbonyl (C=O) groups is 3. The van der Waals surface area contributed by atoms with E-state index in [-0.39, 0.29) is 11.6 Å². The lowest BCUT2D eigenvalue weighted by molar-refractivity contribution is -0.131. The fourth-order valence-electron chi connectivity index (χ4n) is 5.46.